The molecule has 3 nitrogen and oxygen atoms in total. The second-order valence-corrected chi connectivity index (χ2v) is 4.03. The Morgan fingerprint density at radius 2 is 1.65 bits per heavy atom. The maximum Gasteiger partial charge on any atom is 0.573 e. The number of nitrogen functional groups attached to an aromatic ring is 1. The first-order chi connectivity index (χ1) is 9.39. The lowest BCUT2D eigenvalue weighted by atomic mass is 10.0. The van der Waals surface area contributed by atoms with Gasteiger partial charge in [-0.2, -0.15) is 0 Å². The molecule has 106 valence electrons. The first kappa shape index (κ1) is 14.0. The molecule has 0 fully saturated rings. The van der Waals surface area contributed by atoms with Crippen LogP contribution in [0.1, 0.15) is 0 Å². The maximum absolute atomic E-state index is 12.2. The van der Waals surface area contributed by atoms with E-state index in [1.165, 1.54) is 25.3 Å². The third kappa shape index (κ3) is 3.34. The minimum Gasteiger partial charge on any atom is -0.496 e. The van der Waals surface area contributed by atoms with E-state index in [2.05, 4.69) is 4.74 Å². The summed E-state index contributed by atoms with van der Waals surface area (Å²) in [5, 5.41) is 0. The minimum atomic E-state index is -4.73. The predicted octanol–water partition coefficient (Wildman–Crippen LogP) is 3.84. The third-order valence-electron chi connectivity index (χ3n) is 2.63. The van der Waals surface area contributed by atoms with Crippen molar-refractivity contribution in [2.75, 3.05) is 12.8 Å². The maximum atomic E-state index is 12.2. The minimum absolute atomic E-state index is 0.288. The quantitative estimate of drug-likeness (QED) is 0.870. The van der Waals surface area contributed by atoms with E-state index in [-0.39, 0.29) is 11.5 Å². The number of nitrogens with two attached hydrogens (primary N) is 1. The van der Waals surface area contributed by atoms with Crippen LogP contribution in [0.3, 0.4) is 0 Å². The van der Waals surface area contributed by atoms with Gasteiger partial charge in [-0.1, -0.05) is 12.1 Å². The summed E-state index contributed by atoms with van der Waals surface area (Å²) in [6.45, 7) is 0. The van der Waals surface area contributed by atoms with Crippen LogP contribution in [0.5, 0.6) is 11.5 Å². The van der Waals surface area contributed by atoms with Crippen molar-refractivity contribution in [1.82, 2.24) is 0 Å². The predicted molar refractivity (Wildman–Crippen MR) is 69.5 cm³/mol. The van der Waals surface area contributed by atoms with Crippen LogP contribution in [0.2, 0.25) is 0 Å². The Morgan fingerprint density at radius 1 is 1.00 bits per heavy atom. The van der Waals surface area contributed by atoms with Crippen LogP contribution >= 0.6 is 0 Å². The zero-order valence-corrected chi connectivity index (χ0v) is 10.6. The molecule has 0 radical (unpaired) electrons. The zero-order valence-electron chi connectivity index (χ0n) is 10.6. The lowest BCUT2D eigenvalue weighted by Crippen LogP contribution is -2.17. The molecule has 2 N–H and O–H groups in total. The first-order valence-corrected chi connectivity index (χ1v) is 5.69. The number of hydrogen-bond acceptors (Lipinski definition) is 3. The van der Waals surface area contributed by atoms with Gasteiger partial charge in [0.15, 0.2) is 0 Å². The summed E-state index contributed by atoms with van der Waals surface area (Å²) in [5.41, 5.74) is 7.64. The number of anilines is 1. The molecular weight excluding hydrogens is 271 g/mol. The lowest BCUT2D eigenvalue weighted by Gasteiger charge is -2.13. The Kier molecular flexibility index (Phi) is 3.74. The highest BCUT2D eigenvalue weighted by molar-refractivity contribution is 5.72. The van der Waals surface area contributed by atoms with Gasteiger partial charge in [-0.25, -0.2) is 0 Å². The topological polar surface area (TPSA) is 44.5 Å². The van der Waals surface area contributed by atoms with E-state index in [1.807, 2.05) is 0 Å². The highest BCUT2D eigenvalue weighted by Gasteiger charge is 2.31. The Balaban J connectivity index is 2.37. The average Bonchev–Trinajstić information content (AvgIpc) is 2.38. The van der Waals surface area contributed by atoms with Crippen LogP contribution in [-0.4, -0.2) is 13.5 Å². The number of halogens is 3. The van der Waals surface area contributed by atoms with Gasteiger partial charge in [-0.15, -0.1) is 13.2 Å². The normalized spacial score (nSPS) is 11.2. The number of methoxy groups -OCH3 is 1. The summed E-state index contributed by atoms with van der Waals surface area (Å²) in [6, 6.07) is 10.9. The molecule has 0 heterocycles. The van der Waals surface area contributed by atoms with E-state index >= 15 is 0 Å². The van der Waals surface area contributed by atoms with E-state index in [0.717, 1.165) is 5.56 Å². The standard InChI is InChI=1S/C14H12F3NO2/c1-19-13-8-11(20-14(15,16)17)6-7-12(13)9-2-4-10(18)5-3-9/h2-8H,18H2,1H3. The smallest absolute Gasteiger partial charge is 0.496 e. The number of hydrogen-bond donors (Lipinski definition) is 1. The molecule has 0 aliphatic carbocycles. The fourth-order valence-electron chi connectivity index (χ4n) is 1.77. The molecule has 0 unspecified atom stereocenters. The number of alkyl halides is 3. The molecule has 20 heavy (non-hydrogen) atoms. The Bertz CT molecular complexity index is 594. The molecular formula is C14H12F3NO2. The molecule has 0 aliphatic heterocycles. The monoisotopic (exact) mass is 283 g/mol. The first-order valence-electron chi connectivity index (χ1n) is 5.69. The fraction of sp³-hybridized carbons (Fsp3) is 0.143. The summed E-state index contributed by atoms with van der Waals surface area (Å²) in [5.74, 6) is -0.0370. The van der Waals surface area contributed by atoms with Crippen molar-refractivity contribution in [3.63, 3.8) is 0 Å². The van der Waals surface area contributed by atoms with Crippen molar-refractivity contribution < 1.29 is 22.6 Å². The highest BCUT2D eigenvalue weighted by Crippen LogP contribution is 2.35. The van der Waals surface area contributed by atoms with Gasteiger partial charge in [0.05, 0.1) is 7.11 Å². The van der Waals surface area contributed by atoms with E-state index in [4.69, 9.17) is 10.5 Å². The molecule has 0 aromatic heterocycles. The van der Waals surface area contributed by atoms with Gasteiger partial charge in [0, 0.05) is 17.3 Å². The van der Waals surface area contributed by atoms with Gasteiger partial charge in [0.2, 0.25) is 0 Å². The van der Waals surface area contributed by atoms with E-state index in [9.17, 15) is 13.2 Å². The van der Waals surface area contributed by atoms with Crippen LogP contribution < -0.4 is 15.2 Å². The Morgan fingerprint density at radius 3 is 2.20 bits per heavy atom. The number of benzene rings is 2. The van der Waals surface area contributed by atoms with Crippen molar-refractivity contribution in [3.05, 3.63) is 42.5 Å². The van der Waals surface area contributed by atoms with E-state index in [1.54, 1.807) is 24.3 Å². The van der Waals surface area contributed by atoms with Gasteiger partial charge in [0.25, 0.3) is 0 Å². The molecule has 2 aromatic carbocycles. The van der Waals surface area contributed by atoms with Gasteiger partial charge >= 0.3 is 6.36 Å². The molecule has 6 heteroatoms. The third-order valence-corrected chi connectivity index (χ3v) is 2.63. The fourth-order valence-corrected chi connectivity index (χ4v) is 1.77. The molecule has 2 rings (SSSR count). The Labute approximate surface area is 113 Å². The van der Waals surface area contributed by atoms with Crippen molar-refractivity contribution in [1.29, 1.82) is 0 Å². The largest absolute Gasteiger partial charge is 0.573 e. The van der Waals surface area contributed by atoms with Crippen LogP contribution in [0, 0.1) is 0 Å². The molecule has 0 amide bonds. The zero-order chi connectivity index (χ0) is 14.8. The molecule has 0 bridgehead atoms. The molecule has 0 atom stereocenters. The van der Waals surface area contributed by atoms with Crippen molar-refractivity contribution >= 4 is 5.69 Å². The summed E-state index contributed by atoms with van der Waals surface area (Å²) in [4.78, 5) is 0. The Hall–Kier alpha value is -2.37. The summed E-state index contributed by atoms with van der Waals surface area (Å²) < 4.78 is 45.5. The second kappa shape index (κ2) is 5.32. The van der Waals surface area contributed by atoms with Gasteiger partial charge < -0.3 is 15.2 Å². The van der Waals surface area contributed by atoms with Gasteiger partial charge in [-0.05, 0) is 29.8 Å². The van der Waals surface area contributed by atoms with Gasteiger partial charge in [0.1, 0.15) is 11.5 Å². The average molecular weight is 283 g/mol. The SMILES string of the molecule is COc1cc(OC(F)(F)F)ccc1-c1ccc(N)cc1. The second-order valence-electron chi connectivity index (χ2n) is 4.03. The van der Waals surface area contributed by atoms with Crippen LogP contribution in [0.25, 0.3) is 11.1 Å². The summed E-state index contributed by atoms with van der Waals surface area (Å²) in [6.07, 6.45) is -4.73. The molecule has 2 aromatic rings. The van der Waals surface area contributed by atoms with Gasteiger partial charge in [-0.3, -0.25) is 0 Å². The molecule has 0 saturated carbocycles. The number of ether oxygens (including phenoxy) is 2. The van der Waals surface area contributed by atoms with E-state index < -0.39 is 6.36 Å². The van der Waals surface area contributed by atoms with Crippen LogP contribution in [0.15, 0.2) is 42.5 Å². The molecule has 0 saturated heterocycles. The molecule has 0 spiro atoms. The summed E-state index contributed by atoms with van der Waals surface area (Å²) >= 11 is 0. The van der Waals surface area contributed by atoms with E-state index in [0.29, 0.717) is 11.3 Å². The number of rotatable bonds is 3. The highest BCUT2D eigenvalue weighted by atomic mass is 19.4. The van der Waals surface area contributed by atoms with Crippen LogP contribution in [0.4, 0.5) is 18.9 Å². The summed E-state index contributed by atoms with van der Waals surface area (Å²) in [7, 11) is 1.38. The van der Waals surface area contributed by atoms with Crippen molar-refractivity contribution in [2.24, 2.45) is 0 Å². The van der Waals surface area contributed by atoms with Crippen molar-refractivity contribution in [3.8, 4) is 22.6 Å². The lowest BCUT2D eigenvalue weighted by molar-refractivity contribution is -0.274. The molecule has 0 aliphatic rings. The van der Waals surface area contributed by atoms with Crippen LogP contribution in [-0.2, 0) is 0 Å². The van der Waals surface area contributed by atoms with Crippen molar-refractivity contribution in [2.45, 2.75) is 6.36 Å².